The number of aryl methyl sites for hydroxylation is 1. The molecule has 0 aliphatic carbocycles. The topological polar surface area (TPSA) is 121 Å². The van der Waals surface area contributed by atoms with Gasteiger partial charge >= 0.3 is 0 Å². The molecule has 0 radical (unpaired) electrons. The largest absolute Gasteiger partial charge is 0.868 e. The monoisotopic (exact) mass is 289 g/mol. The third-order valence-electron chi connectivity index (χ3n) is 2.96. The number of ketones is 1. The minimum absolute atomic E-state index is 0.329. The second kappa shape index (κ2) is 4.82. The molecule has 0 saturated carbocycles. The van der Waals surface area contributed by atoms with Crippen molar-refractivity contribution in [2.24, 2.45) is 0 Å². The molecule has 0 bridgehead atoms. The molecule has 1 aliphatic heterocycles. The molecule has 0 atom stereocenters. The van der Waals surface area contributed by atoms with Crippen molar-refractivity contribution in [2.75, 3.05) is 4.90 Å². The van der Waals surface area contributed by atoms with Crippen LogP contribution in [0.3, 0.4) is 0 Å². The highest BCUT2D eigenvalue weighted by molar-refractivity contribution is 6.40. The molecule has 0 N–H and O–H groups in total. The molecule has 0 aromatic heterocycles. The number of hydrogen-bond acceptors (Lipinski definition) is 6. The van der Waals surface area contributed by atoms with E-state index in [4.69, 9.17) is 0 Å². The number of carbonyl (C=O) groups is 3. The van der Waals surface area contributed by atoms with E-state index in [1.165, 1.54) is 18.2 Å². The summed E-state index contributed by atoms with van der Waals surface area (Å²) in [6.07, 6.45) is 0. The predicted octanol–water partition coefficient (Wildman–Crippen LogP) is -0.0202. The van der Waals surface area contributed by atoms with Crippen molar-refractivity contribution in [2.45, 2.75) is 13.8 Å². The van der Waals surface area contributed by atoms with Gasteiger partial charge in [0.2, 0.25) is 0 Å². The average Bonchev–Trinajstić information content (AvgIpc) is 2.61. The molecular weight excluding hydrogens is 280 g/mol. The summed E-state index contributed by atoms with van der Waals surface area (Å²) in [5.41, 5.74) is -1.05. The van der Waals surface area contributed by atoms with E-state index >= 15 is 0 Å². The Morgan fingerprint density at radius 1 is 1.24 bits per heavy atom. The normalized spacial score (nSPS) is 14.9. The van der Waals surface area contributed by atoms with E-state index in [1.54, 1.807) is 6.92 Å². The molecule has 0 spiro atoms. The number of carbonyl (C=O) groups excluding carboxylic acids is 3. The lowest BCUT2D eigenvalue weighted by Crippen LogP contribution is -2.34. The van der Waals surface area contributed by atoms with E-state index in [2.05, 4.69) is 0 Å². The number of rotatable bonds is 3. The van der Waals surface area contributed by atoms with Crippen molar-refractivity contribution in [3.05, 3.63) is 45.2 Å². The number of benzene rings is 1. The Bertz CT molecular complexity index is 734. The number of nitro groups is 1. The van der Waals surface area contributed by atoms with Crippen molar-refractivity contribution in [1.29, 1.82) is 0 Å². The fraction of sp³-hybridized carbons (Fsp3) is 0.154. The van der Waals surface area contributed by atoms with Gasteiger partial charge in [-0.2, -0.15) is 0 Å². The Morgan fingerprint density at radius 3 is 2.33 bits per heavy atom. The van der Waals surface area contributed by atoms with E-state index in [1.807, 2.05) is 0 Å². The average molecular weight is 289 g/mol. The maximum Gasteiger partial charge on any atom is 0.293 e. The van der Waals surface area contributed by atoms with Crippen LogP contribution in [0.1, 0.15) is 12.5 Å². The molecule has 2 amide bonds. The van der Waals surface area contributed by atoms with Crippen LogP contribution in [-0.2, 0) is 14.4 Å². The van der Waals surface area contributed by atoms with Gasteiger partial charge in [-0.1, -0.05) is 6.07 Å². The summed E-state index contributed by atoms with van der Waals surface area (Å²) < 4.78 is 0. The number of anilines is 1. The van der Waals surface area contributed by atoms with Gasteiger partial charge in [0.25, 0.3) is 17.5 Å². The van der Waals surface area contributed by atoms with Crippen LogP contribution in [0.2, 0.25) is 0 Å². The highest BCUT2D eigenvalue weighted by atomic mass is 16.6. The first-order valence-corrected chi connectivity index (χ1v) is 5.81. The summed E-state index contributed by atoms with van der Waals surface area (Å²) in [5, 5.41) is 22.7. The third-order valence-corrected chi connectivity index (χ3v) is 2.96. The number of imide groups is 1. The van der Waals surface area contributed by atoms with Crippen molar-refractivity contribution in [3.63, 3.8) is 0 Å². The van der Waals surface area contributed by atoms with Crippen LogP contribution in [0, 0.1) is 17.0 Å². The Kier molecular flexibility index (Phi) is 3.30. The SMILES string of the molecule is CC(=O)C1=C([O-])C(=O)N(c2ccc(C)cc2[N+](=O)[O-])C1=O. The van der Waals surface area contributed by atoms with Crippen molar-refractivity contribution in [3.8, 4) is 0 Å². The lowest BCUT2D eigenvalue weighted by molar-refractivity contribution is -0.384. The fourth-order valence-electron chi connectivity index (χ4n) is 2.01. The number of nitro benzene ring substituents is 1. The summed E-state index contributed by atoms with van der Waals surface area (Å²) in [7, 11) is 0. The van der Waals surface area contributed by atoms with Crippen molar-refractivity contribution < 1.29 is 24.4 Å². The second-order valence-electron chi connectivity index (χ2n) is 4.46. The van der Waals surface area contributed by atoms with Gasteiger partial charge in [-0.3, -0.25) is 24.5 Å². The van der Waals surface area contributed by atoms with E-state index in [-0.39, 0.29) is 5.69 Å². The maximum atomic E-state index is 12.0. The smallest absolute Gasteiger partial charge is 0.293 e. The Labute approximate surface area is 118 Å². The summed E-state index contributed by atoms with van der Waals surface area (Å²) in [6, 6.07) is 3.82. The number of nitrogens with zero attached hydrogens (tertiary/aromatic N) is 2. The van der Waals surface area contributed by atoms with Crippen molar-refractivity contribution >= 4 is 29.0 Å². The zero-order valence-corrected chi connectivity index (χ0v) is 11.1. The minimum Gasteiger partial charge on any atom is -0.868 e. The van der Waals surface area contributed by atoms with Gasteiger partial charge in [-0.05, 0) is 31.2 Å². The molecule has 8 nitrogen and oxygen atoms in total. The molecule has 1 aromatic carbocycles. The minimum atomic E-state index is -1.27. The zero-order valence-electron chi connectivity index (χ0n) is 11.1. The van der Waals surface area contributed by atoms with Crippen LogP contribution >= 0.6 is 0 Å². The highest BCUT2D eigenvalue weighted by Gasteiger charge is 2.39. The predicted molar refractivity (Wildman–Crippen MR) is 68.0 cm³/mol. The van der Waals surface area contributed by atoms with Gasteiger partial charge in [0, 0.05) is 6.07 Å². The number of hydrogen-bond donors (Lipinski definition) is 0. The number of amides is 2. The standard InChI is InChI=1S/C13H10N2O6/c1-6-3-4-8(9(5-6)15(20)21)14-12(18)10(7(2)16)11(17)13(14)19/h3-5,17H,1-2H3/p-1. The van der Waals surface area contributed by atoms with E-state index in [9.17, 15) is 29.6 Å². The van der Waals surface area contributed by atoms with Crippen LogP contribution in [-0.4, -0.2) is 22.5 Å². The van der Waals surface area contributed by atoms with Crippen LogP contribution in [0.5, 0.6) is 0 Å². The Hall–Kier alpha value is -3.03. The van der Waals surface area contributed by atoms with Gasteiger partial charge in [-0.25, -0.2) is 4.90 Å². The zero-order chi connectivity index (χ0) is 15.9. The lowest BCUT2D eigenvalue weighted by atomic mass is 10.1. The fourth-order valence-corrected chi connectivity index (χ4v) is 2.01. The Balaban J connectivity index is 2.61. The van der Waals surface area contributed by atoms with Crippen LogP contribution in [0.4, 0.5) is 11.4 Å². The van der Waals surface area contributed by atoms with Gasteiger partial charge in [-0.15, -0.1) is 0 Å². The molecule has 0 fully saturated rings. The number of Topliss-reactive ketones (excluding diaryl/α,β-unsaturated/α-hetero) is 1. The molecule has 2 rings (SSSR count). The molecule has 0 saturated heterocycles. The van der Waals surface area contributed by atoms with Gasteiger partial charge < -0.3 is 5.11 Å². The quantitative estimate of drug-likeness (QED) is 0.333. The first-order valence-electron chi connectivity index (χ1n) is 5.81. The van der Waals surface area contributed by atoms with E-state index in [0.29, 0.717) is 10.5 Å². The molecule has 108 valence electrons. The highest BCUT2D eigenvalue weighted by Crippen LogP contribution is 2.33. The summed E-state index contributed by atoms with van der Waals surface area (Å²) in [5.74, 6) is -4.50. The summed E-state index contributed by atoms with van der Waals surface area (Å²) in [6.45, 7) is 2.58. The van der Waals surface area contributed by atoms with Crippen LogP contribution < -0.4 is 10.0 Å². The summed E-state index contributed by atoms with van der Waals surface area (Å²) in [4.78, 5) is 45.8. The molecule has 8 heteroatoms. The maximum absolute atomic E-state index is 12.0. The van der Waals surface area contributed by atoms with Gasteiger partial charge in [0.15, 0.2) is 5.78 Å². The summed E-state index contributed by atoms with van der Waals surface area (Å²) >= 11 is 0. The second-order valence-corrected chi connectivity index (χ2v) is 4.46. The molecule has 1 aromatic rings. The van der Waals surface area contributed by atoms with E-state index < -0.39 is 39.5 Å². The first-order chi connectivity index (χ1) is 9.75. The van der Waals surface area contributed by atoms with Crippen molar-refractivity contribution in [1.82, 2.24) is 0 Å². The van der Waals surface area contributed by atoms with Gasteiger partial charge in [0.1, 0.15) is 5.69 Å². The molecule has 0 unspecified atom stereocenters. The molecular formula is C13H9N2O6-. The first kappa shape index (κ1) is 14.4. The Morgan fingerprint density at radius 2 is 1.86 bits per heavy atom. The third kappa shape index (κ3) is 2.16. The van der Waals surface area contributed by atoms with Crippen LogP contribution in [0.25, 0.3) is 0 Å². The molecule has 21 heavy (non-hydrogen) atoms. The van der Waals surface area contributed by atoms with Gasteiger partial charge in [0.05, 0.1) is 10.5 Å². The van der Waals surface area contributed by atoms with E-state index in [0.717, 1.165) is 6.92 Å². The molecule has 1 heterocycles. The van der Waals surface area contributed by atoms with Crippen LogP contribution in [0.15, 0.2) is 29.5 Å². The molecule has 1 aliphatic rings. The lowest BCUT2D eigenvalue weighted by Gasteiger charge is -2.16.